The SMILES string of the molecule is NC(=S)C1CN(C(=O)c2ccc(O)cc2)CCO1. The Hall–Kier alpha value is -1.66. The van der Waals surface area contributed by atoms with Crippen molar-refractivity contribution in [3.8, 4) is 5.75 Å². The first-order valence-electron chi connectivity index (χ1n) is 5.57. The number of amides is 1. The number of hydrogen-bond donors (Lipinski definition) is 2. The van der Waals surface area contributed by atoms with Gasteiger partial charge < -0.3 is 20.5 Å². The summed E-state index contributed by atoms with van der Waals surface area (Å²) in [5.74, 6) is 0.0223. The molecule has 0 spiro atoms. The van der Waals surface area contributed by atoms with Gasteiger partial charge in [-0.15, -0.1) is 0 Å². The van der Waals surface area contributed by atoms with Gasteiger partial charge >= 0.3 is 0 Å². The second kappa shape index (κ2) is 5.32. The Balaban J connectivity index is 2.09. The summed E-state index contributed by atoms with van der Waals surface area (Å²) < 4.78 is 5.37. The van der Waals surface area contributed by atoms with E-state index in [0.717, 1.165) is 0 Å². The number of morpholine rings is 1. The molecule has 1 fully saturated rings. The molecular weight excluding hydrogens is 252 g/mol. The molecule has 0 bridgehead atoms. The summed E-state index contributed by atoms with van der Waals surface area (Å²) in [5, 5.41) is 9.19. The lowest BCUT2D eigenvalue weighted by atomic mass is 10.1. The minimum Gasteiger partial charge on any atom is -0.508 e. The Morgan fingerprint density at radius 3 is 2.72 bits per heavy atom. The number of benzene rings is 1. The second-order valence-electron chi connectivity index (χ2n) is 4.06. The molecule has 3 N–H and O–H groups in total. The van der Waals surface area contributed by atoms with Gasteiger partial charge in [0.15, 0.2) is 0 Å². The van der Waals surface area contributed by atoms with Crippen molar-refractivity contribution in [1.82, 2.24) is 4.90 Å². The maximum absolute atomic E-state index is 12.2. The van der Waals surface area contributed by atoms with Gasteiger partial charge in [0.2, 0.25) is 0 Å². The molecule has 5 nitrogen and oxygen atoms in total. The molecule has 6 heteroatoms. The van der Waals surface area contributed by atoms with Crippen molar-refractivity contribution in [3.63, 3.8) is 0 Å². The summed E-state index contributed by atoms with van der Waals surface area (Å²) in [6.07, 6.45) is -0.380. The van der Waals surface area contributed by atoms with E-state index in [0.29, 0.717) is 25.3 Å². The van der Waals surface area contributed by atoms with Crippen molar-refractivity contribution in [1.29, 1.82) is 0 Å². The molecule has 0 saturated carbocycles. The van der Waals surface area contributed by atoms with Crippen LogP contribution in [0.1, 0.15) is 10.4 Å². The van der Waals surface area contributed by atoms with E-state index < -0.39 is 0 Å². The zero-order valence-electron chi connectivity index (χ0n) is 9.70. The number of nitrogens with zero attached hydrogens (tertiary/aromatic N) is 1. The Labute approximate surface area is 110 Å². The van der Waals surface area contributed by atoms with Gasteiger partial charge in [0.05, 0.1) is 13.2 Å². The molecule has 1 aliphatic rings. The quantitative estimate of drug-likeness (QED) is 0.763. The van der Waals surface area contributed by atoms with Gasteiger partial charge in [0, 0.05) is 12.1 Å². The van der Waals surface area contributed by atoms with E-state index in [2.05, 4.69) is 0 Å². The number of hydrogen-bond acceptors (Lipinski definition) is 4. The Bertz CT molecular complexity index is 461. The molecule has 0 radical (unpaired) electrons. The lowest BCUT2D eigenvalue weighted by molar-refractivity contribution is 0.00878. The van der Waals surface area contributed by atoms with Crippen LogP contribution in [0.3, 0.4) is 0 Å². The fourth-order valence-corrected chi connectivity index (χ4v) is 1.94. The van der Waals surface area contributed by atoms with E-state index in [1.807, 2.05) is 0 Å². The lowest BCUT2D eigenvalue weighted by Gasteiger charge is -2.32. The highest BCUT2D eigenvalue weighted by atomic mass is 32.1. The van der Waals surface area contributed by atoms with Crippen LogP contribution in [0.15, 0.2) is 24.3 Å². The third kappa shape index (κ3) is 2.77. The van der Waals surface area contributed by atoms with E-state index >= 15 is 0 Å². The van der Waals surface area contributed by atoms with Crippen LogP contribution in [0.5, 0.6) is 5.75 Å². The summed E-state index contributed by atoms with van der Waals surface area (Å²) in [6, 6.07) is 6.14. The van der Waals surface area contributed by atoms with E-state index in [1.54, 1.807) is 17.0 Å². The van der Waals surface area contributed by atoms with Gasteiger partial charge in [-0.05, 0) is 24.3 Å². The smallest absolute Gasteiger partial charge is 0.254 e. The standard InChI is InChI=1S/C12H14N2O3S/c13-11(18)10-7-14(5-6-17-10)12(16)8-1-3-9(15)4-2-8/h1-4,10,15H,5-7H2,(H2,13,18). The topological polar surface area (TPSA) is 75.8 Å². The van der Waals surface area contributed by atoms with Crippen LogP contribution in [0.25, 0.3) is 0 Å². The van der Waals surface area contributed by atoms with Crippen molar-refractivity contribution >= 4 is 23.1 Å². The van der Waals surface area contributed by atoms with Crippen molar-refractivity contribution < 1.29 is 14.6 Å². The van der Waals surface area contributed by atoms with Crippen LogP contribution in [0.4, 0.5) is 0 Å². The lowest BCUT2D eigenvalue weighted by Crippen LogP contribution is -2.49. The van der Waals surface area contributed by atoms with Gasteiger partial charge in [-0.2, -0.15) is 0 Å². The monoisotopic (exact) mass is 266 g/mol. The van der Waals surface area contributed by atoms with E-state index in [-0.39, 0.29) is 22.7 Å². The summed E-state index contributed by atoms with van der Waals surface area (Å²) in [6.45, 7) is 1.31. The predicted octanol–water partition coefficient (Wildman–Crippen LogP) is 0.519. The van der Waals surface area contributed by atoms with Gasteiger partial charge in [-0.3, -0.25) is 4.79 Å². The van der Waals surface area contributed by atoms with Gasteiger partial charge in [0.1, 0.15) is 16.8 Å². The number of carbonyl (C=O) groups is 1. The largest absolute Gasteiger partial charge is 0.508 e. The number of carbonyl (C=O) groups excluding carboxylic acids is 1. The molecule has 1 aliphatic heterocycles. The fourth-order valence-electron chi connectivity index (χ4n) is 1.79. The minimum absolute atomic E-state index is 0.112. The zero-order chi connectivity index (χ0) is 13.1. The Morgan fingerprint density at radius 2 is 2.11 bits per heavy atom. The maximum Gasteiger partial charge on any atom is 0.254 e. The first-order chi connectivity index (χ1) is 8.58. The highest BCUT2D eigenvalue weighted by molar-refractivity contribution is 7.80. The third-order valence-electron chi connectivity index (χ3n) is 2.79. The molecule has 0 aliphatic carbocycles. The molecule has 1 saturated heterocycles. The van der Waals surface area contributed by atoms with Crippen LogP contribution < -0.4 is 5.73 Å². The molecule has 1 heterocycles. The van der Waals surface area contributed by atoms with Crippen molar-refractivity contribution in [2.45, 2.75) is 6.10 Å². The normalized spacial score (nSPS) is 19.6. The first-order valence-corrected chi connectivity index (χ1v) is 5.98. The number of nitrogens with two attached hydrogens (primary N) is 1. The molecule has 1 aromatic carbocycles. The number of thiocarbonyl (C=S) groups is 1. The number of phenols is 1. The number of ether oxygens (including phenoxy) is 1. The predicted molar refractivity (Wildman–Crippen MR) is 70.5 cm³/mol. The molecule has 18 heavy (non-hydrogen) atoms. The third-order valence-corrected chi connectivity index (χ3v) is 3.05. The van der Waals surface area contributed by atoms with E-state index in [1.165, 1.54) is 12.1 Å². The second-order valence-corrected chi connectivity index (χ2v) is 4.53. The Kier molecular flexibility index (Phi) is 3.78. The summed E-state index contributed by atoms with van der Waals surface area (Å²) in [5.41, 5.74) is 6.05. The maximum atomic E-state index is 12.2. The molecule has 2 rings (SSSR count). The van der Waals surface area contributed by atoms with Crippen molar-refractivity contribution in [3.05, 3.63) is 29.8 Å². The van der Waals surface area contributed by atoms with Crippen molar-refractivity contribution in [2.24, 2.45) is 5.73 Å². The van der Waals surface area contributed by atoms with Gasteiger partial charge in [-0.25, -0.2) is 0 Å². The molecule has 1 amide bonds. The van der Waals surface area contributed by atoms with E-state index in [9.17, 15) is 9.90 Å². The van der Waals surface area contributed by atoms with Crippen LogP contribution in [0, 0.1) is 0 Å². The number of rotatable bonds is 2. The summed E-state index contributed by atoms with van der Waals surface area (Å²) >= 11 is 4.87. The summed E-state index contributed by atoms with van der Waals surface area (Å²) in [7, 11) is 0. The minimum atomic E-state index is -0.380. The zero-order valence-corrected chi connectivity index (χ0v) is 10.5. The molecule has 0 aromatic heterocycles. The molecule has 1 atom stereocenters. The number of phenolic OH excluding ortho intramolecular Hbond substituents is 1. The number of aromatic hydroxyl groups is 1. The van der Waals surface area contributed by atoms with Gasteiger partial charge in [-0.1, -0.05) is 12.2 Å². The van der Waals surface area contributed by atoms with Crippen molar-refractivity contribution in [2.75, 3.05) is 19.7 Å². The average molecular weight is 266 g/mol. The first kappa shape index (κ1) is 12.8. The fraction of sp³-hybridized carbons (Fsp3) is 0.333. The Morgan fingerprint density at radius 1 is 1.44 bits per heavy atom. The summed E-state index contributed by atoms with van der Waals surface area (Å²) in [4.78, 5) is 14.1. The van der Waals surface area contributed by atoms with Gasteiger partial charge in [0.25, 0.3) is 5.91 Å². The van der Waals surface area contributed by atoms with Crippen LogP contribution >= 0.6 is 12.2 Å². The average Bonchev–Trinajstić information content (AvgIpc) is 2.39. The molecule has 96 valence electrons. The van der Waals surface area contributed by atoms with Crippen LogP contribution in [-0.2, 0) is 4.74 Å². The highest BCUT2D eigenvalue weighted by Crippen LogP contribution is 2.14. The van der Waals surface area contributed by atoms with Crippen LogP contribution in [0.2, 0.25) is 0 Å². The van der Waals surface area contributed by atoms with E-state index in [4.69, 9.17) is 22.7 Å². The highest BCUT2D eigenvalue weighted by Gasteiger charge is 2.26. The molecular formula is C12H14N2O3S. The molecule has 1 aromatic rings. The molecule has 1 unspecified atom stereocenters. The van der Waals surface area contributed by atoms with Crippen LogP contribution in [-0.4, -0.2) is 46.7 Å².